The van der Waals surface area contributed by atoms with Gasteiger partial charge in [0.1, 0.15) is 0 Å². The highest BCUT2D eigenvalue weighted by Gasteiger charge is 1.73. The average molecular weight is 125 g/mol. The van der Waals surface area contributed by atoms with Crippen LogP contribution in [0.5, 0.6) is 0 Å². The first-order valence-electron chi connectivity index (χ1n) is 1.69. The molecule has 0 aliphatic rings. The van der Waals surface area contributed by atoms with Gasteiger partial charge in [-0.25, -0.2) is 0 Å². The lowest BCUT2D eigenvalue weighted by molar-refractivity contribution is 0.660. The Kier molecular flexibility index (Phi) is 6.36. The largest absolute Gasteiger partial charge is 0.365 e. The van der Waals surface area contributed by atoms with Crippen LogP contribution in [0.1, 0.15) is 6.92 Å². The highest BCUT2D eigenvalue weighted by molar-refractivity contribution is 8.46. The summed E-state index contributed by atoms with van der Waals surface area (Å²) in [4.78, 5) is 8.13. The zero-order valence-corrected chi connectivity index (χ0v) is 5.38. The molecule has 0 rings (SSSR count). The standard InChI is InChI=1S/C2H8NOPS/c1-2-3-6-5-4/h3-5H,2H2,1H3. The van der Waals surface area contributed by atoms with Gasteiger partial charge >= 0.3 is 0 Å². The van der Waals surface area contributed by atoms with Crippen molar-refractivity contribution < 1.29 is 4.89 Å². The Morgan fingerprint density at radius 1 is 2.00 bits per heavy atom. The summed E-state index contributed by atoms with van der Waals surface area (Å²) in [5, 5.41) is 0. The molecular formula is C2H8NOPS. The second kappa shape index (κ2) is 5.70. The van der Waals surface area contributed by atoms with Crippen molar-refractivity contribution in [2.24, 2.45) is 0 Å². The Bertz CT molecular complexity index is 25.5. The minimum Gasteiger partial charge on any atom is -0.365 e. The van der Waals surface area contributed by atoms with Gasteiger partial charge in [0.05, 0.1) is 8.01 Å². The lowest BCUT2D eigenvalue weighted by Crippen LogP contribution is -1.96. The van der Waals surface area contributed by atoms with E-state index in [1.165, 1.54) is 11.6 Å². The molecule has 0 aromatic carbocycles. The molecule has 0 heterocycles. The quantitative estimate of drug-likeness (QED) is 0.331. The summed E-state index contributed by atoms with van der Waals surface area (Å²) in [5.74, 6) is 0. The van der Waals surface area contributed by atoms with Crippen LogP contribution in [0.4, 0.5) is 0 Å². The van der Waals surface area contributed by atoms with Crippen molar-refractivity contribution in [3.8, 4) is 0 Å². The van der Waals surface area contributed by atoms with Crippen molar-refractivity contribution in [1.29, 1.82) is 0 Å². The molecule has 0 bridgehead atoms. The van der Waals surface area contributed by atoms with Gasteiger partial charge in [-0.05, 0) is 11.6 Å². The summed E-state index contributed by atoms with van der Waals surface area (Å²) in [7, 11) is -0.0298. The SMILES string of the molecule is CCNSPO. The summed E-state index contributed by atoms with van der Waals surface area (Å²) in [5.41, 5.74) is 0. The molecule has 1 unspecified atom stereocenters. The first-order valence-corrected chi connectivity index (χ1v) is 4.18. The van der Waals surface area contributed by atoms with E-state index < -0.39 is 0 Å². The highest BCUT2D eigenvalue weighted by atomic mass is 32.7. The van der Waals surface area contributed by atoms with Gasteiger partial charge in [0.2, 0.25) is 0 Å². The maximum atomic E-state index is 8.13. The molecule has 0 aromatic heterocycles. The van der Waals surface area contributed by atoms with E-state index in [0.717, 1.165) is 6.54 Å². The molecule has 0 amide bonds. The average Bonchev–Trinajstić information content (AvgIpc) is 1.61. The number of hydrogen-bond acceptors (Lipinski definition) is 3. The van der Waals surface area contributed by atoms with Gasteiger partial charge in [-0.2, -0.15) is 0 Å². The fourth-order valence-electron chi connectivity index (χ4n) is 0.104. The first-order chi connectivity index (χ1) is 2.91. The third-order valence-electron chi connectivity index (χ3n) is 0.262. The molecule has 0 aliphatic heterocycles. The molecule has 2 nitrogen and oxygen atoms in total. The van der Waals surface area contributed by atoms with Gasteiger partial charge in [-0.1, -0.05) is 6.92 Å². The maximum absolute atomic E-state index is 8.13. The Labute approximate surface area is 43.5 Å². The highest BCUT2D eigenvalue weighted by Crippen LogP contribution is 2.18. The Balaban J connectivity index is 2.34. The van der Waals surface area contributed by atoms with Crippen molar-refractivity contribution in [1.82, 2.24) is 4.72 Å². The van der Waals surface area contributed by atoms with E-state index in [1.807, 2.05) is 6.92 Å². The first kappa shape index (κ1) is 6.70. The molecule has 0 radical (unpaired) electrons. The van der Waals surface area contributed by atoms with Crippen LogP contribution in [0.15, 0.2) is 0 Å². The normalized spacial score (nSPS) is 11.0. The molecule has 1 atom stereocenters. The topological polar surface area (TPSA) is 32.3 Å². The third kappa shape index (κ3) is 4.70. The van der Waals surface area contributed by atoms with E-state index in [-0.39, 0.29) is 8.01 Å². The molecule has 2 N–H and O–H groups in total. The Morgan fingerprint density at radius 2 is 2.67 bits per heavy atom. The third-order valence-corrected chi connectivity index (χ3v) is 1.49. The minimum absolute atomic E-state index is 0.0298. The van der Waals surface area contributed by atoms with Crippen LogP contribution in [-0.4, -0.2) is 11.4 Å². The second-order valence-corrected chi connectivity index (χ2v) is 2.53. The van der Waals surface area contributed by atoms with E-state index in [4.69, 9.17) is 4.89 Å². The van der Waals surface area contributed by atoms with Gasteiger partial charge in [-0.3, -0.25) is 4.72 Å². The van der Waals surface area contributed by atoms with Crippen LogP contribution < -0.4 is 4.72 Å². The molecular weight excluding hydrogens is 117 g/mol. The molecule has 0 aliphatic carbocycles. The Morgan fingerprint density at radius 3 is 2.83 bits per heavy atom. The minimum atomic E-state index is -0.0298. The van der Waals surface area contributed by atoms with Gasteiger partial charge < -0.3 is 4.89 Å². The zero-order valence-electron chi connectivity index (χ0n) is 3.56. The summed E-state index contributed by atoms with van der Waals surface area (Å²) in [6.45, 7) is 2.91. The second-order valence-electron chi connectivity index (χ2n) is 0.691. The van der Waals surface area contributed by atoms with Crippen molar-refractivity contribution in [3.63, 3.8) is 0 Å². The summed E-state index contributed by atoms with van der Waals surface area (Å²) < 4.78 is 2.88. The van der Waals surface area contributed by atoms with Crippen LogP contribution in [-0.2, 0) is 0 Å². The Hall–Kier alpha value is 0.700. The molecule has 38 valence electrons. The van der Waals surface area contributed by atoms with Crippen LogP contribution in [0.3, 0.4) is 0 Å². The monoisotopic (exact) mass is 125 g/mol. The van der Waals surface area contributed by atoms with Crippen LogP contribution in [0.25, 0.3) is 0 Å². The summed E-state index contributed by atoms with van der Waals surface area (Å²) in [6.07, 6.45) is 0. The molecule has 4 heteroatoms. The van der Waals surface area contributed by atoms with Crippen molar-refractivity contribution in [3.05, 3.63) is 0 Å². The number of hydrogen-bond donors (Lipinski definition) is 2. The van der Waals surface area contributed by atoms with Gasteiger partial charge in [-0.15, -0.1) is 0 Å². The molecule has 6 heavy (non-hydrogen) atoms. The predicted molar refractivity (Wildman–Crippen MR) is 31.8 cm³/mol. The number of nitrogens with one attached hydrogen (secondary N) is 1. The van der Waals surface area contributed by atoms with Gasteiger partial charge in [0, 0.05) is 6.54 Å². The maximum Gasteiger partial charge on any atom is 0.0861 e. The molecule has 0 fully saturated rings. The van der Waals surface area contributed by atoms with Crippen molar-refractivity contribution in [2.75, 3.05) is 6.54 Å². The van der Waals surface area contributed by atoms with E-state index >= 15 is 0 Å². The summed E-state index contributed by atoms with van der Waals surface area (Å²) >= 11 is 1.34. The van der Waals surface area contributed by atoms with Crippen molar-refractivity contribution >= 4 is 19.6 Å². The lowest BCUT2D eigenvalue weighted by Gasteiger charge is -1.89. The lowest BCUT2D eigenvalue weighted by atomic mass is 10.8. The van der Waals surface area contributed by atoms with Crippen LogP contribution in [0.2, 0.25) is 0 Å². The smallest absolute Gasteiger partial charge is 0.0861 e. The fraction of sp³-hybridized carbons (Fsp3) is 1.00. The fourth-order valence-corrected chi connectivity index (χ4v) is 0.940. The summed E-state index contributed by atoms with van der Waals surface area (Å²) in [6, 6.07) is 0. The van der Waals surface area contributed by atoms with Crippen LogP contribution >= 0.6 is 19.6 Å². The molecule has 0 saturated carbocycles. The molecule has 0 saturated heterocycles. The zero-order chi connectivity index (χ0) is 4.83. The number of rotatable bonds is 3. The molecule has 0 spiro atoms. The van der Waals surface area contributed by atoms with E-state index in [2.05, 4.69) is 4.72 Å². The van der Waals surface area contributed by atoms with Gasteiger partial charge in [0.15, 0.2) is 0 Å². The van der Waals surface area contributed by atoms with E-state index in [0.29, 0.717) is 0 Å². The predicted octanol–water partition coefficient (Wildman–Crippen LogP) is 0.745. The molecule has 0 aromatic rings. The van der Waals surface area contributed by atoms with Gasteiger partial charge in [0.25, 0.3) is 0 Å². The van der Waals surface area contributed by atoms with Crippen molar-refractivity contribution in [2.45, 2.75) is 6.92 Å². The van der Waals surface area contributed by atoms with E-state index in [1.54, 1.807) is 0 Å². The van der Waals surface area contributed by atoms with Crippen LogP contribution in [0, 0.1) is 0 Å². The van der Waals surface area contributed by atoms with E-state index in [9.17, 15) is 0 Å².